The molecule has 0 fully saturated rings. The van der Waals surface area contributed by atoms with E-state index in [1.807, 2.05) is 36.4 Å². The molecule has 3 aromatic rings. The summed E-state index contributed by atoms with van der Waals surface area (Å²) in [5, 5.41) is 2.78. The molecule has 1 aliphatic rings. The van der Waals surface area contributed by atoms with Crippen LogP contribution in [0.4, 0.5) is 0 Å². The van der Waals surface area contributed by atoms with Gasteiger partial charge in [0.25, 0.3) is 5.91 Å². The van der Waals surface area contributed by atoms with Crippen LogP contribution < -0.4 is 11.1 Å². The number of hydrogen-bond donors (Lipinski definition) is 2. The van der Waals surface area contributed by atoms with E-state index in [0.29, 0.717) is 10.4 Å². The summed E-state index contributed by atoms with van der Waals surface area (Å²) in [6, 6.07) is 18.5. The minimum absolute atomic E-state index is 0.269. The molecule has 4 nitrogen and oxygen atoms in total. The number of hydrogen-bond acceptors (Lipinski definition) is 3. The lowest BCUT2D eigenvalue weighted by molar-refractivity contribution is -0.120. The molecule has 1 aliphatic carbocycles. The number of carbonyl (C=O) groups excluding carboxylic acids is 2. The minimum Gasteiger partial charge on any atom is -0.368 e. The van der Waals surface area contributed by atoms with Crippen LogP contribution in [-0.4, -0.2) is 11.8 Å². The third-order valence-electron chi connectivity index (χ3n) is 4.65. The lowest BCUT2D eigenvalue weighted by Crippen LogP contribution is -2.37. The standard InChI is InChI=1S/C21H18N2O2S/c22-20(24)18(14-7-2-1-3-8-14)23-21(25)17-12-15-11-10-13-6-4-5-9-16(13)19(15)26-17/h1-9,12,18H,10-11H2,(H2,22,24)(H,23,25). The highest BCUT2D eigenvalue weighted by Gasteiger charge is 2.25. The van der Waals surface area contributed by atoms with Crippen molar-refractivity contribution in [3.63, 3.8) is 0 Å². The van der Waals surface area contributed by atoms with Gasteiger partial charge >= 0.3 is 0 Å². The Morgan fingerprint density at radius 3 is 2.42 bits per heavy atom. The molecule has 0 saturated heterocycles. The molecule has 0 aliphatic heterocycles. The maximum absolute atomic E-state index is 12.8. The van der Waals surface area contributed by atoms with E-state index in [1.54, 1.807) is 12.1 Å². The second-order valence-electron chi connectivity index (χ2n) is 6.34. The Hall–Kier alpha value is -2.92. The van der Waals surface area contributed by atoms with E-state index in [0.717, 1.165) is 17.7 Å². The highest BCUT2D eigenvalue weighted by Crippen LogP contribution is 2.39. The molecule has 0 saturated carbocycles. The van der Waals surface area contributed by atoms with Gasteiger partial charge in [-0.1, -0.05) is 54.6 Å². The van der Waals surface area contributed by atoms with Crippen LogP contribution in [0.15, 0.2) is 60.7 Å². The summed E-state index contributed by atoms with van der Waals surface area (Å²) in [7, 11) is 0. The fourth-order valence-electron chi connectivity index (χ4n) is 3.35. The number of benzene rings is 2. The van der Waals surface area contributed by atoms with Crippen molar-refractivity contribution in [2.24, 2.45) is 5.73 Å². The molecular weight excluding hydrogens is 344 g/mol. The molecule has 2 amide bonds. The number of carbonyl (C=O) groups is 2. The molecule has 130 valence electrons. The summed E-state index contributed by atoms with van der Waals surface area (Å²) in [5.74, 6) is -0.842. The molecule has 4 rings (SSSR count). The Bertz CT molecular complexity index is 979. The van der Waals surface area contributed by atoms with Gasteiger partial charge in [-0.05, 0) is 41.2 Å². The molecule has 0 spiro atoms. The summed E-state index contributed by atoms with van der Waals surface area (Å²) in [6.45, 7) is 0. The zero-order valence-corrected chi connectivity index (χ0v) is 14.9. The van der Waals surface area contributed by atoms with Gasteiger partial charge in [-0.25, -0.2) is 0 Å². The Labute approximate surface area is 155 Å². The largest absolute Gasteiger partial charge is 0.368 e. The fourth-order valence-corrected chi connectivity index (χ4v) is 4.52. The number of fused-ring (bicyclic) bond motifs is 3. The van der Waals surface area contributed by atoms with E-state index in [2.05, 4.69) is 17.4 Å². The number of aryl methyl sites for hydroxylation is 2. The van der Waals surface area contributed by atoms with Gasteiger partial charge in [0.05, 0.1) is 4.88 Å². The van der Waals surface area contributed by atoms with E-state index >= 15 is 0 Å². The second-order valence-corrected chi connectivity index (χ2v) is 7.39. The van der Waals surface area contributed by atoms with Gasteiger partial charge < -0.3 is 11.1 Å². The summed E-state index contributed by atoms with van der Waals surface area (Å²) >= 11 is 1.47. The molecule has 3 N–H and O–H groups in total. The second kappa shape index (κ2) is 6.77. The first-order valence-corrected chi connectivity index (χ1v) is 9.31. The first-order valence-electron chi connectivity index (χ1n) is 8.49. The quantitative estimate of drug-likeness (QED) is 0.746. The molecule has 26 heavy (non-hydrogen) atoms. The number of nitrogens with two attached hydrogens (primary N) is 1. The van der Waals surface area contributed by atoms with Crippen molar-refractivity contribution in [2.45, 2.75) is 18.9 Å². The number of rotatable bonds is 4. The van der Waals surface area contributed by atoms with Crippen molar-refractivity contribution in [1.29, 1.82) is 0 Å². The average molecular weight is 362 g/mol. The molecule has 0 radical (unpaired) electrons. The molecule has 0 bridgehead atoms. The normalized spacial score (nSPS) is 13.4. The Morgan fingerprint density at radius 1 is 0.962 bits per heavy atom. The van der Waals surface area contributed by atoms with Crippen LogP contribution in [0, 0.1) is 0 Å². The number of nitrogens with one attached hydrogen (secondary N) is 1. The van der Waals surface area contributed by atoms with Crippen molar-refractivity contribution in [1.82, 2.24) is 5.32 Å². The smallest absolute Gasteiger partial charge is 0.262 e. The van der Waals surface area contributed by atoms with Crippen LogP contribution in [0.2, 0.25) is 0 Å². The van der Waals surface area contributed by atoms with Crippen molar-refractivity contribution in [3.8, 4) is 10.4 Å². The van der Waals surface area contributed by atoms with E-state index in [-0.39, 0.29) is 5.91 Å². The predicted molar refractivity (Wildman–Crippen MR) is 103 cm³/mol. The van der Waals surface area contributed by atoms with Crippen LogP contribution in [-0.2, 0) is 17.6 Å². The van der Waals surface area contributed by atoms with Gasteiger partial charge in [0.1, 0.15) is 6.04 Å². The average Bonchev–Trinajstić information content (AvgIpc) is 3.11. The summed E-state index contributed by atoms with van der Waals surface area (Å²) in [5.41, 5.74) is 9.89. The molecule has 1 atom stereocenters. The van der Waals surface area contributed by atoms with Crippen LogP contribution in [0.5, 0.6) is 0 Å². The zero-order valence-electron chi connectivity index (χ0n) is 14.1. The maximum atomic E-state index is 12.8. The van der Waals surface area contributed by atoms with E-state index in [9.17, 15) is 9.59 Å². The van der Waals surface area contributed by atoms with Crippen molar-refractivity contribution in [3.05, 3.63) is 82.2 Å². The molecule has 1 unspecified atom stereocenters. The van der Waals surface area contributed by atoms with Crippen LogP contribution in [0.1, 0.15) is 32.4 Å². The van der Waals surface area contributed by atoms with Gasteiger partial charge in [-0.3, -0.25) is 9.59 Å². The third kappa shape index (κ3) is 3.02. The first-order chi connectivity index (χ1) is 12.6. The summed E-state index contributed by atoms with van der Waals surface area (Å²) in [4.78, 5) is 26.3. The first kappa shape index (κ1) is 16.5. The minimum atomic E-state index is -0.838. The third-order valence-corrected chi connectivity index (χ3v) is 5.86. The van der Waals surface area contributed by atoms with Gasteiger partial charge in [-0.15, -0.1) is 11.3 Å². The number of thiophene rings is 1. The van der Waals surface area contributed by atoms with Crippen LogP contribution in [0.25, 0.3) is 10.4 Å². The number of amides is 2. The van der Waals surface area contributed by atoms with Gasteiger partial charge in [-0.2, -0.15) is 0 Å². The molecule has 5 heteroatoms. The van der Waals surface area contributed by atoms with Crippen LogP contribution >= 0.6 is 11.3 Å². The maximum Gasteiger partial charge on any atom is 0.262 e. The molecular formula is C21H18N2O2S. The van der Waals surface area contributed by atoms with Gasteiger partial charge in [0.2, 0.25) is 5.91 Å². The SMILES string of the molecule is NC(=O)C(NC(=O)c1cc2c(s1)-c1ccccc1CC2)c1ccccc1. The Morgan fingerprint density at radius 2 is 1.65 bits per heavy atom. The van der Waals surface area contributed by atoms with Gasteiger partial charge in [0.15, 0.2) is 0 Å². The fraction of sp³-hybridized carbons (Fsp3) is 0.143. The molecule has 1 aromatic heterocycles. The van der Waals surface area contributed by atoms with E-state index < -0.39 is 11.9 Å². The van der Waals surface area contributed by atoms with E-state index in [4.69, 9.17) is 5.73 Å². The number of primary amides is 1. The molecule has 2 aromatic carbocycles. The highest BCUT2D eigenvalue weighted by atomic mass is 32.1. The summed E-state index contributed by atoms with van der Waals surface area (Å²) < 4.78 is 0. The Balaban J connectivity index is 1.62. The predicted octanol–water partition coefficient (Wildman–Crippen LogP) is 3.47. The van der Waals surface area contributed by atoms with Crippen LogP contribution in [0.3, 0.4) is 0 Å². The monoisotopic (exact) mass is 362 g/mol. The van der Waals surface area contributed by atoms with E-state index in [1.165, 1.54) is 28.0 Å². The lowest BCUT2D eigenvalue weighted by atomic mass is 9.91. The highest BCUT2D eigenvalue weighted by molar-refractivity contribution is 7.17. The Kier molecular flexibility index (Phi) is 4.31. The molecule has 1 heterocycles. The summed E-state index contributed by atoms with van der Waals surface area (Å²) in [6.07, 6.45) is 1.91. The lowest BCUT2D eigenvalue weighted by Gasteiger charge is -2.15. The zero-order chi connectivity index (χ0) is 18.1. The van der Waals surface area contributed by atoms with Crippen molar-refractivity contribution >= 4 is 23.2 Å². The topological polar surface area (TPSA) is 72.2 Å². The van der Waals surface area contributed by atoms with Crippen molar-refractivity contribution in [2.75, 3.05) is 0 Å². The van der Waals surface area contributed by atoms with Gasteiger partial charge in [0, 0.05) is 4.88 Å². The van der Waals surface area contributed by atoms with Crippen molar-refractivity contribution < 1.29 is 9.59 Å².